The summed E-state index contributed by atoms with van der Waals surface area (Å²) in [6.07, 6.45) is 4.95. The first-order valence-electron chi connectivity index (χ1n) is 9.45. The quantitative estimate of drug-likeness (QED) is 0.656. The maximum absolute atomic E-state index is 12.9. The van der Waals surface area contributed by atoms with E-state index in [1.807, 2.05) is 17.0 Å². The number of pyridine rings is 1. The van der Waals surface area contributed by atoms with Gasteiger partial charge in [-0.15, -0.1) is 0 Å². The molecule has 1 aromatic carbocycles. The zero-order chi connectivity index (χ0) is 20.2. The van der Waals surface area contributed by atoms with Gasteiger partial charge in [0.15, 0.2) is 11.5 Å². The third-order valence-corrected chi connectivity index (χ3v) is 5.14. The molecule has 1 amide bonds. The maximum atomic E-state index is 12.9. The molecule has 8 heteroatoms. The van der Waals surface area contributed by atoms with E-state index < -0.39 is 0 Å². The van der Waals surface area contributed by atoms with E-state index in [0.717, 1.165) is 18.4 Å². The van der Waals surface area contributed by atoms with Crippen LogP contribution in [0.25, 0.3) is 11.4 Å². The largest absolute Gasteiger partial charge is 0.493 e. The van der Waals surface area contributed by atoms with Crippen molar-refractivity contribution in [3.8, 4) is 22.9 Å². The molecule has 1 saturated heterocycles. The summed E-state index contributed by atoms with van der Waals surface area (Å²) in [7, 11) is 3.13. The van der Waals surface area contributed by atoms with Crippen LogP contribution in [0, 0.1) is 0 Å². The molecule has 29 heavy (non-hydrogen) atoms. The first-order valence-corrected chi connectivity index (χ1v) is 9.45. The number of nitrogens with zero attached hydrogens (tertiary/aromatic N) is 4. The van der Waals surface area contributed by atoms with Gasteiger partial charge in [-0.25, -0.2) is 0 Å². The molecule has 0 N–H and O–H groups in total. The minimum absolute atomic E-state index is 0.0209. The van der Waals surface area contributed by atoms with Crippen LogP contribution in [0.5, 0.6) is 11.5 Å². The first-order chi connectivity index (χ1) is 14.2. The number of methoxy groups -OCH3 is 2. The molecule has 8 nitrogen and oxygen atoms in total. The van der Waals surface area contributed by atoms with Gasteiger partial charge in [0.1, 0.15) is 0 Å². The van der Waals surface area contributed by atoms with Crippen molar-refractivity contribution in [3.63, 3.8) is 0 Å². The second kappa shape index (κ2) is 8.30. The third kappa shape index (κ3) is 3.91. The van der Waals surface area contributed by atoms with Gasteiger partial charge in [0.25, 0.3) is 5.91 Å². The van der Waals surface area contributed by atoms with E-state index in [-0.39, 0.29) is 11.8 Å². The highest BCUT2D eigenvalue weighted by atomic mass is 16.5. The summed E-state index contributed by atoms with van der Waals surface area (Å²) >= 11 is 0. The number of aromatic nitrogens is 3. The number of rotatable bonds is 5. The fourth-order valence-corrected chi connectivity index (χ4v) is 3.50. The Kier molecular flexibility index (Phi) is 5.41. The average molecular weight is 394 g/mol. The van der Waals surface area contributed by atoms with E-state index in [0.29, 0.717) is 41.9 Å². The number of amides is 1. The molecule has 1 aliphatic heterocycles. The Morgan fingerprint density at radius 2 is 1.79 bits per heavy atom. The second-order valence-corrected chi connectivity index (χ2v) is 6.83. The van der Waals surface area contributed by atoms with E-state index in [1.165, 1.54) is 0 Å². The van der Waals surface area contributed by atoms with Crippen molar-refractivity contribution < 1.29 is 18.8 Å². The molecule has 3 aromatic rings. The second-order valence-electron chi connectivity index (χ2n) is 6.83. The molecule has 0 saturated carbocycles. The van der Waals surface area contributed by atoms with Gasteiger partial charge in [-0.05, 0) is 43.2 Å². The van der Waals surface area contributed by atoms with Crippen LogP contribution in [0.4, 0.5) is 0 Å². The van der Waals surface area contributed by atoms with Gasteiger partial charge in [-0.1, -0.05) is 5.16 Å². The van der Waals surface area contributed by atoms with E-state index in [9.17, 15) is 4.79 Å². The van der Waals surface area contributed by atoms with Crippen molar-refractivity contribution in [2.24, 2.45) is 0 Å². The van der Waals surface area contributed by atoms with Crippen LogP contribution in [0.1, 0.15) is 35.0 Å². The molecule has 2 aromatic heterocycles. The van der Waals surface area contributed by atoms with Crippen molar-refractivity contribution in [1.29, 1.82) is 0 Å². The smallest absolute Gasteiger partial charge is 0.253 e. The molecule has 0 spiro atoms. The van der Waals surface area contributed by atoms with Crippen molar-refractivity contribution in [1.82, 2.24) is 20.0 Å². The molecule has 1 aliphatic rings. The number of benzene rings is 1. The fourth-order valence-electron chi connectivity index (χ4n) is 3.50. The SMILES string of the molecule is COc1ccc(C(=O)N2CCC(c3nc(-c4ccncc4)no3)CC2)cc1OC. The molecule has 0 radical (unpaired) electrons. The van der Waals surface area contributed by atoms with Crippen molar-refractivity contribution in [2.75, 3.05) is 27.3 Å². The summed E-state index contributed by atoms with van der Waals surface area (Å²) in [5, 5.41) is 4.08. The number of carbonyl (C=O) groups excluding carboxylic acids is 1. The van der Waals surface area contributed by atoms with Gasteiger partial charge in [0.05, 0.1) is 14.2 Å². The topological polar surface area (TPSA) is 90.6 Å². The van der Waals surface area contributed by atoms with Crippen LogP contribution in [0.2, 0.25) is 0 Å². The monoisotopic (exact) mass is 394 g/mol. The van der Waals surface area contributed by atoms with E-state index in [1.54, 1.807) is 44.8 Å². The number of piperidine rings is 1. The normalized spacial score (nSPS) is 14.6. The Bertz CT molecular complexity index is 981. The molecule has 1 fully saturated rings. The van der Waals surface area contributed by atoms with Crippen molar-refractivity contribution in [2.45, 2.75) is 18.8 Å². The van der Waals surface area contributed by atoms with Gasteiger partial charge < -0.3 is 18.9 Å². The summed E-state index contributed by atoms with van der Waals surface area (Å²) in [6, 6.07) is 8.91. The number of carbonyl (C=O) groups is 1. The minimum atomic E-state index is -0.0209. The number of hydrogen-bond donors (Lipinski definition) is 0. The molecule has 0 unspecified atom stereocenters. The molecule has 3 heterocycles. The lowest BCUT2D eigenvalue weighted by molar-refractivity contribution is 0.0704. The van der Waals surface area contributed by atoms with E-state index >= 15 is 0 Å². The predicted octanol–water partition coefficient (Wildman–Crippen LogP) is 3.17. The van der Waals surface area contributed by atoms with Crippen LogP contribution in [-0.4, -0.2) is 53.2 Å². The zero-order valence-corrected chi connectivity index (χ0v) is 16.4. The van der Waals surface area contributed by atoms with E-state index in [2.05, 4.69) is 15.1 Å². The molecule has 0 aliphatic carbocycles. The van der Waals surface area contributed by atoms with Crippen LogP contribution >= 0.6 is 0 Å². The molecule has 0 atom stereocenters. The Labute approximate surface area is 168 Å². The minimum Gasteiger partial charge on any atom is -0.493 e. The molecular weight excluding hydrogens is 372 g/mol. The molecule has 0 bridgehead atoms. The average Bonchev–Trinajstić information content (AvgIpc) is 3.29. The first kappa shape index (κ1) is 18.9. The standard InChI is InChI=1S/C21H22N4O4/c1-27-17-4-3-16(13-18(17)28-2)21(26)25-11-7-15(8-12-25)20-23-19(24-29-20)14-5-9-22-10-6-14/h3-6,9-10,13,15H,7-8,11-12H2,1-2H3. The van der Waals surface area contributed by atoms with E-state index in [4.69, 9.17) is 14.0 Å². The Balaban J connectivity index is 1.41. The van der Waals surface area contributed by atoms with Crippen LogP contribution < -0.4 is 9.47 Å². The lowest BCUT2D eigenvalue weighted by atomic mass is 9.96. The van der Waals surface area contributed by atoms with Crippen LogP contribution in [-0.2, 0) is 0 Å². The highest BCUT2D eigenvalue weighted by Gasteiger charge is 2.28. The van der Waals surface area contributed by atoms with Gasteiger partial charge >= 0.3 is 0 Å². The summed E-state index contributed by atoms with van der Waals surface area (Å²) in [6.45, 7) is 1.26. The summed E-state index contributed by atoms with van der Waals surface area (Å²) in [5.74, 6) is 2.45. The van der Waals surface area contributed by atoms with Crippen LogP contribution in [0.15, 0.2) is 47.2 Å². The van der Waals surface area contributed by atoms with Crippen molar-refractivity contribution >= 4 is 5.91 Å². The lowest BCUT2D eigenvalue weighted by Crippen LogP contribution is -2.38. The van der Waals surface area contributed by atoms with Gasteiger partial charge in [0, 0.05) is 42.5 Å². The molecule has 150 valence electrons. The summed E-state index contributed by atoms with van der Waals surface area (Å²) in [4.78, 5) is 23.3. The van der Waals surface area contributed by atoms with Gasteiger partial charge in [-0.3, -0.25) is 9.78 Å². The highest BCUT2D eigenvalue weighted by molar-refractivity contribution is 5.95. The fraction of sp³-hybridized carbons (Fsp3) is 0.333. The Hall–Kier alpha value is -3.42. The van der Waals surface area contributed by atoms with Gasteiger partial charge in [-0.2, -0.15) is 4.98 Å². The predicted molar refractivity (Wildman–Crippen MR) is 105 cm³/mol. The third-order valence-electron chi connectivity index (χ3n) is 5.14. The number of likely N-dealkylation sites (tertiary alicyclic amines) is 1. The van der Waals surface area contributed by atoms with Crippen molar-refractivity contribution in [3.05, 3.63) is 54.2 Å². The Morgan fingerprint density at radius 1 is 1.07 bits per heavy atom. The lowest BCUT2D eigenvalue weighted by Gasteiger charge is -2.30. The summed E-state index contributed by atoms with van der Waals surface area (Å²) in [5.41, 5.74) is 1.45. The van der Waals surface area contributed by atoms with Crippen LogP contribution in [0.3, 0.4) is 0 Å². The zero-order valence-electron chi connectivity index (χ0n) is 16.4. The molecular formula is C21H22N4O4. The highest BCUT2D eigenvalue weighted by Crippen LogP contribution is 2.31. The van der Waals surface area contributed by atoms with Gasteiger partial charge in [0.2, 0.25) is 11.7 Å². The summed E-state index contributed by atoms with van der Waals surface area (Å²) < 4.78 is 16.0. The Morgan fingerprint density at radius 3 is 2.48 bits per heavy atom. The molecule has 4 rings (SSSR count). The number of hydrogen-bond acceptors (Lipinski definition) is 7. The maximum Gasteiger partial charge on any atom is 0.253 e. The number of ether oxygens (including phenoxy) is 2.